The summed E-state index contributed by atoms with van der Waals surface area (Å²) in [5.74, 6) is 0.610. The third kappa shape index (κ3) is 3.24. The van der Waals surface area contributed by atoms with E-state index in [-0.39, 0.29) is 5.54 Å². The van der Waals surface area contributed by atoms with Crippen LogP contribution in [0.2, 0.25) is 0 Å². The SMILES string of the molecule is CCCCC(N)(CC)C(C)C. The first-order valence-corrected chi connectivity index (χ1v) is 4.85. The van der Waals surface area contributed by atoms with E-state index < -0.39 is 0 Å². The van der Waals surface area contributed by atoms with Crippen molar-refractivity contribution in [2.45, 2.75) is 58.9 Å². The summed E-state index contributed by atoms with van der Waals surface area (Å²) >= 11 is 0. The van der Waals surface area contributed by atoms with Crippen molar-refractivity contribution in [3.63, 3.8) is 0 Å². The molecule has 0 radical (unpaired) electrons. The monoisotopic (exact) mass is 157 g/mol. The molecule has 68 valence electrons. The lowest BCUT2D eigenvalue weighted by molar-refractivity contribution is 0.271. The molecule has 0 rings (SSSR count). The molecule has 0 spiro atoms. The van der Waals surface area contributed by atoms with Crippen LogP contribution in [0.4, 0.5) is 0 Å². The Hall–Kier alpha value is -0.0400. The van der Waals surface area contributed by atoms with Crippen LogP contribution in [0.1, 0.15) is 53.4 Å². The van der Waals surface area contributed by atoms with Gasteiger partial charge in [-0.25, -0.2) is 0 Å². The fourth-order valence-electron chi connectivity index (χ4n) is 1.38. The number of rotatable bonds is 5. The highest BCUT2D eigenvalue weighted by molar-refractivity contribution is 4.85. The first-order valence-electron chi connectivity index (χ1n) is 4.85. The lowest BCUT2D eigenvalue weighted by Gasteiger charge is -2.32. The number of hydrogen-bond acceptors (Lipinski definition) is 1. The molecule has 1 unspecified atom stereocenters. The molecule has 2 N–H and O–H groups in total. The maximum atomic E-state index is 6.23. The van der Waals surface area contributed by atoms with Crippen molar-refractivity contribution in [2.75, 3.05) is 0 Å². The number of hydrogen-bond donors (Lipinski definition) is 1. The summed E-state index contributed by atoms with van der Waals surface area (Å²) in [6.07, 6.45) is 4.80. The summed E-state index contributed by atoms with van der Waals surface area (Å²) in [6, 6.07) is 0. The molecule has 11 heavy (non-hydrogen) atoms. The molecule has 1 atom stereocenters. The Morgan fingerprint density at radius 1 is 1.27 bits per heavy atom. The van der Waals surface area contributed by atoms with E-state index in [0.717, 1.165) is 6.42 Å². The van der Waals surface area contributed by atoms with Gasteiger partial charge in [-0.15, -0.1) is 0 Å². The van der Waals surface area contributed by atoms with Crippen LogP contribution >= 0.6 is 0 Å². The lowest BCUT2D eigenvalue weighted by Crippen LogP contribution is -2.44. The molecule has 1 nitrogen and oxygen atoms in total. The minimum atomic E-state index is 0.0933. The molecule has 0 aliphatic carbocycles. The second-order valence-electron chi connectivity index (χ2n) is 3.84. The summed E-state index contributed by atoms with van der Waals surface area (Å²) in [4.78, 5) is 0. The maximum absolute atomic E-state index is 6.23. The van der Waals surface area contributed by atoms with Crippen LogP contribution in [0.15, 0.2) is 0 Å². The third-order valence-electron chi connectivity index (χ3n) is 2.80. The molecule has 1 heteroatoms. The summed E-state index contributed by atoms with van der Waals surface area (Å²) < 4.78 is 0. The van der Waals surface area contributed by atoms with Gasteiger partial charge in [0.25, 0.3) is 0 Å². The second-order valence-corrected chi connectivity index (χ2v) is 3.84. The van der Waals surface area contributed by atoms with Crippen molar-refractivity contribution < 1.29 is 0 Å². The molecular weight excluding hydrogens is 134 g/mol. The molecule has 0 saturated carbocycles. The van der Waals surface area contributed by atoms with E-state index in [1.807, 2.05) is 0 Å². The van der Waals surface area contributed by atoms with Crippen molar-refractivity contribution in [1.82, 2.24) is 0 Å². The summed E-state index contributed by atoms with van der Waals surface area (Å²) in [5.41, 5.74) is 6.32. The highest BCUT2D eigenvalue weighted by atomic mass is 14.7. The van der Waals surface area contributed by atoms with Gasteiger partial charge in [0.2, 0.25) is 0 Å². The van der Waals surface area contributed by atoms with E-state index >= 15 is 0 Å². The predicted octanol–water partition coefficient (Wildman–Crippen LogP) is 2.94. The molecular formula is C10H23N. The van der Waals surface area contributed by atoms with E-state index in [2.05, 4.69) is 27.7 Å². The Morgan fingerprint density at radius 3 is 2.09 bits per heavy atom. The molecule has 0 aromatic rings. The molecule has 0 aliphatic rings. The first-order chi connectivity index (χ1) is 5.06. The Labute approximate surface area is 71.4 Å². The van der Waals surface area contributed by atoms with Gasteiger partial charge in [-0.1, -0.05) is 40.5 Å². The zero-order chi connectivity index (χ0) is 8.91. The van der Waals surface area contributed by atoms with Gasteiger partial charge >= 0.3 is 0 Å². The zero-order valence-electron chi connectivity index (χ0n) is 8.48. The quantitative estimate of drug-likeness (QED) is 0.652. The predicted molar refractivity (Wildman–Crippen MR) is 51.6 cm³/mol. The van der Waals surface area contributed by atoms with Crippen molar-refractivity contribution >= 4 is 0 Å². The second kappa shape index (κ2) is 4.76. The summed E-state index contributed by atoms with van der Waals surface area (Å²) in [5, 5.41) is 0. The smallest absolute Gasteiger partial charge is 0.0174 e. The summed E-state index contributed by atoms with van der Waals surface area (Å²) in [6.45, 7) is 8.85. The van der Waals surface area contributed by atoms with Gasteiger partial charge < -0.3 is 5.73 Å². The van der Waals surface area contributed by atoms with Crippen LogP contribution in [0, 0.1) is 5.92 Å². The standard InChI is InChI=1S/C10H23N/c1-5-7-8-10(11,6-2)9(3)4/h9H,5-8,11H2,1-4H3. The van der Waals surface area contributed by atoms with Crippen molar-refractivity contribution in [3.05, 3.63) is 0 Å². The van der Waals surface area contributed by atoms with Gasteiger partial charge in [0.05, 0.1) is 0 Å². The molecule has 0 aliphatic heterocycles. The highest BCUT2D eigenvalue weighted by Gasteiger charge is 2.25. The summed E-state index contributed by atoms with van der Waals surface area (Å²) in [7, 11) is 0. The average molecular weight is 157 g/mol. The van der Waals surface area contributed by atoms with Gasteiger partial charge in [0.15, 0.2) is 0 Å². The van der Waals surface area contributed by atoms with Crippen LogP contribution in [0.25, 0.3) is 0 Å². The Morgan fingerprint density at radius 2 is 1.82 bits per heavy atom. The van der Waals surface area contributed by atoms with E-state index in [0.29, 0.717) is 5.92 Å². The van der Waals surface area contributed by atoms with Crippen LogP contribution in [-0.2, 0) is 0 Å². The first kappa shape index (κ1) is 11.0. The Kier molecular flexibility index (Phi) is 4.74. The zero-order valence-corrected chi connectivity index (χ0v) is 8.48. The average Bonchev–Trinajstić information content (AvgIpc) is 2.00. The molecule has 0 saturated heterocycles. The molecule has 0 heterocycles. The van der Waals surface area contributed by atoms with E-state index in [1.165, 1.54) is 19.3 Å². The van der Waals surface area contributed by atoms with Crippen LogP contribution in [0.5, 0.6) is 0 Å². The Balaban J connectivity index is 3.88. The van der Waals surface area contributed by atoms with E-state index in [4.69, 9.17) is 5.73 Å². The minimum Gasteiger partial charge on any atom is -0.325 e. The number of nitrogens with two attached hydrogens (primary N) is 1. The minimum absolute atomic E-state index is 0.0933. The fraction of sp³-hybridized carbons (Fsp3) is 1.00. The molecule has 0 bridgehead atoms. The number of unbranched alkanes of at least 4 members (excludes halogenated alkanes) is 1. The highest BCUT2D eigenvalue weighted by Crippen LogP contribution is 2.23. The van der Waals surface area contributed by atoms with Crippen molar-refractivity contribution in [2.24, 2.45) is 11.7 Å². The van der Waals surface area contributed by atoms with E-state index in [9.17, 15) is 0 Å². The lowest BCUT2D eigenvalue weighted by atomic mass is 9.81. The van der Waals surface area contributed by atoms with Gasteiger partial charge in [-0.2, -0.15) is 0 Å². The van der Waals surface area contributed by atoms with Gasteiger partial charge in [-0.05, 0) is 18.8 Å². The van der Waals surface area contributed by atoms with Crippen LogP contribution in [0.3, 0.4) is 0 Å². The van der Waals surface area contributed by atoms with E-state index in [1.54, 1.807) is 0 Å². The molecule has 0 aromatic carbocycles. The molecule has 0 fully saturated rings. The molecule has 0 aromatic heterocycles. The topological polar surface area (TPSA) is 26.0 Å². The third-order valence-corrected chi connectivity index (χ3v) is 2.80. The Bertz CT molecular complexity index is 99.0. The maximum Gasteiger partial charge on any atom is 0.0174 e. The van der Waals surface area contributed by atoms with Crippen molar-refractivity contribution in [3.8, 4) is 0 Å². The van der Waals surface area contributed by atoms with Crippen LogP contribution < -0.4 is 5.73 Å². The van der Waals surface area contributed by atoms with Gasteiger partial charge in [-0.3, -0.25) is 0 Å². The van der Waals surface area contributed by atoms with Gasteiger partial charge in [0.1, 0.15) is 0 Å². The fourth-order valence-corrected chi connectivity index (χ4v) is 1.38. The largest absolute Gasteiger partial charge is 0.325 e. The van der Waals surface area contributed by atoms with Crippen LogP contribution in [-0.4, -0.2) is 5.54 Å². The van der Waals surface area contributed by atoms with Crippen molar-refractivity contribution in [1.29, 1.82) is 0 Å². The molecule has 0 amide bonds. The van der Waals surface area contributed by atoms with Gasteiger partial charge in [0, 0.05) is 5.54 Å². The normalized spacial score (nSPS) is 16.9.